The molecular formula is C16H17N3O3S. The molecule has 0 radical (unpaired) electrons. The predicted molar refractivity (Wildman–Crippen MR) is 88.4 cm³/mol. The van der Waals surface area contributed by atoms with Gasteiger partial charge in [0.25, 0.3) is 5.91 Å². The summed E-state index contributed by atoms with van der Waals surface area (Å²) >= 11 is 1.48. The summed E-state index contributed by atoms with van der Waals surface area (Å²) < 4.78 is 11.3. The lowest BCUT2D eigenvalue weighted by Gasteiger charge is -2.35. The molecule has 1 amide bonds. The van der Waals surface area contributed by atoms with E-state index < -0.39 is 0 Å². The highest BCUT2D eigenvalue weighted by molar-refractivity contribution is 7.18. The lowest BCUT2D eigenvalue weighted by Crippen LogP contribution is -2.47. The fourth-order valence-corrected chi connectivity index (χ4v) is 4.29. The molecule has 120 valence electrons. The summed E-state index contributed by atoms with van der Waals surface area (Å²) in [5, 5.41) is 3.00. The first-order valence-electron chi connectivity index (χ1n) is 7.53. The molecule has 0 bridgehead atoms. The molecule has 0 spiro atoms. The van der Waals surface area contributed by atoms with Crippen LogP contribution in [-0.4, -0.2) is 50.3 Å². The fraction of sp³-hybridized carbons (Fsp3) is 0.375. The smallest absolute Gasteiger partial charge is 0.263 e. The van der Waals surface area contributed by atoms with E-state index in [4.69, 9.17) is 9.47 Å². The van der Waals surface area contributed by atoms with Crippen LogP contribution in [0.5, 0.6) is 5.75 Å². The van der Waals surface area contributed by atoms with Crippen molar-refractivity contribution in [3.63, 3.8) is 0 Å². The van der Waals surface area contributed by atoms with Gasteiger partial charge >= 0.3 is 0 Å². The molecule has 7 heteroatoms. The van der Waals surface area contributed by atoms with E-state index >= 15 is 0 Å². The van der Waals surface area contributed by atoms with Gasteiger partial charge in [-0.25, -0.2) is 0 Å². The summed E-state index contributed by atoms with van der Waals surface area (Å²) in [6.07, 6.45) is 3.50. The van der Waals surface area contributed by atoms with E-state index in [0.29, 0.717) is 24.6 Å². The number of thiophene rings is 1. The Labute approximate surface area is 138 Å². The highest BCUT2D eigenvalue weighted by atomic mass is 32.1. The van der Waals surface area contributed by atoms with E-state index in [9.17, 15) is 4.79 Å². The Hall–Kier alpha value is -2.12. The third kappa shape index (κ3) is 2.36. The van der Waals surface area contributed by atoms with Gasteiger partial charge in [-0.2, -0.15) is 0 Å². The molecule has 0 saturated heterocycles. The summed E-state index contributed by atoms with van der Waals surface area (Å²) in [4.78, 5) is 20.5. The van der Waals surface area contributed by atoms with Crippen molar-refractivity contribution in [1.29, 1.82) is 0 Å². The first-order valence-corrected chi connectivity index (χ1v) is 8.35. The summed E-state index contributed by atoms with van der Waals surface area (Å²) in [5.41, 5.74) is 1.93. The SMILES string of the molecule is COC[C@@H]1CNC(=O)c2sc(-c3ccncc3)c3c2N1CCO3. The van der Waals surface area contributed by atoms with Gasteiger partial charge in [0.15, 0.2) is 5.75 Å². The zero-order valence-corrected chi connectivity index (χ0v) is 13.6. The van der Waals surface area contributed by atoms with Gasteiger partial charge < -0.3 is 19.7 Å². The van der Waals surface area contributed by atoms with Gasteiger partial charge in [-0.1, -0.05) is 0 Å². The first kappa shape index (κ1) is 14.5. The Balaban J connectivity index is 1.87. The van der Waals surface area contributed by atoms with Crippen molar-refractivity contribution in [2.24, 2.45) is 0 Å². The monoisotopic (exact) mass is 331 g/mol. The Morgan fingerprint density at radius 3 is 3.04 bits per heavy atom. The number of ether oxygens (including phenoxy) is 2. The van der Waals surface area contributed by atoms with Crippen LogP contribution in [0.1, 0.15) is 9.67 Å². The number of carbonyl (C=O) groups is 1. The van der Waals surface area contributed by atoms with Gasteiger partial charge in [0, 0.05) is 26.0 Å². The molecule has 0 saturated carbocycles. The zero-order chi connectivity index (χ0) is 15.8. The van der Waals surface area contributed by atoms with Crippen molar-refractivity contribution in [3.05, 3.63) is 29.4 Å². The average molecular weight is 331 g/mol. The van der Waals surface area contributed by atoms with Crippen LogP contribution in [0.2, 0.25) is 0 Å². The van der Waals surface area contributed by atoms with Crippen LogP contribution in [0, 0.1) is 0 Å². The number of rotatable bonds is 3. The zero-order valence-electron chi connectivity index (χ0n) is 12.7. The van der Waals surface area contributed by atoms with Crippen LogP contribution in [-0.2, 0) is 4.74 Å². The number of anilines is 1. The van der Waals surface area contributed by atoms with Gasteiger partial charge in [-0.15, -0.1) is 11.3 Å². The second-order valence-corrected chi connectivity index (χ2v) is 6.56. The third-order valence-electron chi connectivity index (χ3n) is 4.15. The van der Waals surface area contributed by atoms with Crippen molar-refractivity contribution >= 4 is 22.9 Å². The van der Waals surface area contributed by atoms with Crippen molar-refractivity contribution < 1.29 is 14.3 Å². The molecule has 0 fully saturated rings. The standard InChI is InChI=1S/C16H17N3O3S/c1-21-9-11-8-18-16(20)15-12-13(22-7-6-19(11)12)14(23-15)10-2-4-17-5-3-10/h2-5,11H,6-9H2,1H3,(H,18,20)/t11-/m0/s1. The Morgan fingerprint density at radius 2 is 2.26 bits per heavy atom. The number of aromatic nitrogens is 1. The second kappa shape index (κ2) is 5.82. The van der Waals surface area contributed by atoms with Crippen LogP contribution in [0.15, 0.2) is 24.5 Å². The van der Waals surface area contributed by atoms with E-state index in [2.05, 4.69) is 15.2 Å². The Morgan fingerprint density at radius 1 is 1.43 bits per heavy atom. The van der Waals surface area contributed by atoms with Gasteiger partial charge in [0.05, 0.1) is 24.1 Å². The van der Waals surface area contributed by atoms with Crippen molar-refractivity contribution in [2.75, 3.05) is 38.3 Å². The number of nitrogens with zero attached hydrogens (tertiary/aromatic N) is 2. The van der Waals surface area contributed by atoms with Crippen LogP contribution >= 0.6 is 11.3 Å². The largest absolute Gasteiger partial charge is 0.488 e. The summed E-state index contributed by atoms with van der Waals surface area (Å²) in [6, 6.07) is 4.00. The number of nitrogens with one attached hydrogen (secondary N) is 1. The summed E-state index contributed by atoms with van der Waals surface area (Å²) in [5.74, 6) is 0.765. The number of hydrogen-bond donors (Lipinski definition) is 1. The maximum atomic E-state index is 12.5. The molecule has 6 nitrogen and oxygen atoms in total. The third-order valence-corrected chi connectivity index (χ3v) is 5.36. The van der Waals surface area contributed by atoms with Gasteiger partial charge in [-0.05, 0) is 17.7 Å². The minimum atomic E-state index is -0.0411. The van der Waals surface area contributed by atoms with E-state index in [1.165, 1.54) is 11.3 Å². The van der Waals surface area contributed by atoms with E-state index in [1.54, 1.807) is 19.5 Å². The molecule has 23 heavy (non-hydrogen) atoms. The predicted octanol–water partition coefficient (Wildman–Crippen LogP) is 1.77. The molecule has 2 aliphatic rings. The van der Waals surface area contributed by atoms with Crippen molar-refractivity contribution in [3.8, 4) is 16.2 Å². The molecular weight excluding hydrogens is 314 g/mol. The molecule has 0 aliphatic carbocycles. The van der Waals surface area contributed by atoms with Crippen LogP contribution in [0.3, 0.4) is 0 Å². The molecule has 2 aromatic heterocycles. The molecule has 0 aromatic carbocycles. The van der Waals surface area contributed by atoms with Crippen LogP contribution in [0.25, 0.3) is 10.4 Å². The van der Waals surface area contributed by atoms with E-state index in [-0.39, 0.29) is 11.9 Å². The highest BCUT2D eigenvalue weighted by Gasteiger charge is 2.37. The number of pyridine rings is 1. The minimum absolute atomic E-state index is 0.0411. The highest BCUT2D eigenvalue weighted by Crippen LogP contribution is 2.50. The van der Waals surface area contributed by atoms with Gasteiger partial charge in [-0.3, -0.25) is 9.78 Å². The summed E-state index contributed by atoms with van der Waals surface area (Å²) in [7, 11) is 1.69. The molecule has 2 aliphatic heterocycles. The van der Waals surface area contributed by atoms with E-state index in [0.717, 1.165) is 28.4 Å². The maximum Gasteiger partial charge on any atom is 0.263 e. The molecule has 2 aromatic rings. The lowest BCUT2D eigenvalue weighted by molar-refractivity contribution is 0.0953. The normalized spacial score (nSPS) is 19.6. The molecule has 4 rings (SSSR count). The average Bonchev–Trinajstić information content (AvgIpc) is 2.93. The van der Waals surface area contributed by atoms with Crippen molar-refractivity contribution in [1.82, 2.24) is 10.3 Å². The molecule has 0 unspecified atom stereocenters. The quantitative estimate of drug-likeness (QED) is 0.929. The topological polar surface area (TPSA) is 63.7 Å². The van der Waals surface area contributed by atoms with Crippen LogP contribution in [0.4, 0.5) is 5.69 Å². The summed E-state index contributed by atoms with van der Waals surface area (Å²) in [6.45, 7) is 2.52. The number of amides is 1. The van der Waals surface area contributed by atoms with Crippen LogP contribution < -0.4 is 15.0 Å². The number of methoxy groups -OCH3 is 1. The van der Waals surface area contributed by atoms with Crippen molar-refractivity contribution in [2.45, 2.75) is 6.04 Å². The van der Waals surface area contributed by atoms with E-state index in [1.807, 2.05) is 12.1 Å². The molecule has 1 atom stereocenters. The Kier molecular flexibility index (Phi) is 3.66. The second-order valence-electron chi connectivity index (χ2n) is 5.53. The molecule has 1 N–H and O–H groups in total. The lowest BCUT2D eigenvalue weighted by atomic mass is 10.1. The number of carbonyl (C=O) groups excluding carboxylic acids is 1. The Bertz CT molecular complexity index is 732. The van der Waals surface area contributed by atoms with Gasteiger partial charge in [0.2, 0.25) is 0 Å². The molecule has 4 heterocycles. The maximum absolute atomic E-state index is 12.5. The fourth-order valence-electron chi connectivity index (χ4n) is 3.11. The number of hydrogen-bond acceptors (Lipinski definition) is 6. The van der Waals surface area contributed by atoms with Gasteiger partial charge in [0.1, 0.15) is 17.2 Å². The first-order chi connectivity index (χ1) is 11.3. The minimum Gasteiger partial charge on any atom is -0.488 e.